The first-order valence-corrected chi connectivity index (χ1v) is 30.2. The van der Waals surface area contributed by atoms with Crippen LogP contribution < -0.4 is 26.2 Å². The van der Waals surface area contributed by atoms with Gasteiger partial charge in [-0.15, -0.1) is 0 Å². The van der Waals surface area contributed by atoms with Crippen molar-refractivity contribution >= 4 is 79.0 Å². The van der Waals surface area contributed by atoms with Crippen LogP contribution in [0.3, 0.4) is 0 Å². The van der Waals surface area contributed by atoms with Crippen molar-refractivity contribution in [2.24, 2.45) is 0 Å². The molecule has 0 N–H and O–H groups in total. The van der Waals surface area contributed by atoms with E-state index in [4.69, 9.17) is 24.9 Å². The largest absolute Gasteiger partial charge is 0.311 e. The van der Waals surface area contributed by atoms with Gasteiger partial charge in [0.25, 0.3) is 6.71 Å². The fourth-order valence-corrected chi connectivity index (χ4v) is 13.4. The highest BCUT2D eigenvalue weighted by Crippen LogP contribution is 2.45. The summed E-state index contributed by atoms with van der Waals surface area (Å²) in [4.78, 5) is 31.5. The van der Waals surface area contributed by atoms with E-state index in [1.807, 2.05) is 54.6 Å². The van der Waals surface area contributed by atoms with Crippen LogP contribution in [0.25, 0.3) is 107 Å². The van der Waals surface area contributed by atoms with E-state index in [1.54, 1.807) is 0 Å². The summed E-state index contributed by atoms with van der Waals surface area (Å²) in [5.74, 6) is 2.31. The summed E-state index contributed by atoms with van der Waals surface area (Å²) >= 11 is 0. The first-order chi connectivity index (χ1) is 44.0. The second-order valence-corrected chi connectivity index (χ2v) is 22.9. The maximum Gasteiger partial charge on any atom is 0.252 e. The van der Waals surface area contributed by atoms with E-state index in [2.05, 4.69) is 270 Å². The number of fused-ring (bicyclic) bond motifs is 7. The van der Waals surface area contributed by atoms with Crippen molar-refractivity contribution in [1.29, 1.82) is 0 Å². The molecule has 0 spiro atoms. The minimum absolute atomic E-state index is 0.0789. The molecule has 416 valence electrons. The van der Waals surface area contributed by atoms with Gasteiger partial charge in [-0.05, 0) is 119 Å². The Kier molecular flexibility index (Phi) is 12.4. The van der Waals surface area contributed by atoms with Crippen LogP contribution >= 0.6 is 0 Å². The Morgan fingerprint density at radius 3 is 1.36 bits per heavy atom. The molecular weight excluding hydrogens is 1080 g/mol. The molecule has 3 aromatic heterocycles. The molecule has 0 saturated carbocycles. The van der Waals surface area contributed by atoms with Crippen LogP contribution in [0.4, 0.5) is 34.1 Å². The molecule has 2 aliphatic rings. The van der Waals surface area contributed by atoms with Crippen LogP contribution in [0.1, 0.15) is 5.56 Å². The number of hydrogen-bond acceptors (Lipinski definition) is 7. The van der Waals surface area contributed by atoms with E-state index < -0.39 is 0 Å². The van der Waals surface area contributed by atoms with Crippen LogP contribution in [0.5, 0.6) is 0 Å². The second-order valence-electron chi connectivity index (χ2n) is 22.9. The van der Waals surface area contributed by atoms with E-state index in [-0.39, 0.29) is 6.71 Å². The fourth-order valence-electron chi connectivity index (χ4n) is 13.4. The highest BCUT2D eigenvalue weighted by Gasteiger charge is 2.43. The summed E-state index contributed by atoms with van der Waals surface area (Å²) in [5.41, 5.74) is 24.4. The lowest BCUT2D eigenvalue weighted by molar-refractivity contribution is 1.06. The number of aromatic nitrogens is 6. The van der Waals surface area contributed by atoms with Gasteiger partial charge in [0.1, 0.15) is 0 Å². The van der Waals surface area contributed by atoms with Crippen molar-refractivity contribution in [2.45, 2.75) is 6.92 Å². The molecule has 0 atom stereocenters. The monoisotopic (exact) mass is 1140 g/mol. The highest BCUT2D eigenvalue weighted by molar-refractivity contribution is 7.00. The number of hydrogen-bond donors (Lipinski definition) is 0. The zero-order chi connectivity index (χ0) is 58.9. The van der Waals surface area contributed by atoms with Gasteiger partial charge in [-0.3, -0.25) is 0 Å². The summed E-state index contributed by atoms with van der Waals surface area (Å²) in [6.45, 7) is 2.23. The number of rotatable bonds is 10. The van der Waals surface area contributed by atoms with Gasteiger partial charge in [0.05, 0.1) is 28.1 Å². The van der Waals surface area contributed by atoms with E-state index in [0.29, 0.717) is 23.3 Å². The van der Waals surface area contributed by atoms with Crippen LogP contribution in [-0.2, 0) is 0 Å². The number of aryl methyl sites for hydroxylation is 1. The summed E-state index contributed by atoms with van der Waals surface area (Å²) in [6, 6.07) is 108. The summed E-state index contributed by atoms with van der Waals surface area (Å²) in [7, 11) is 0. The van der Waals surface area contributed by atoms with Gasteiger partial charge >= 0.3 is 0 Å². The van der Waals surface area contributed by atoms with Crippen molar-refractivity contribution in [3.8, 4) is 84.9 Å². The summed E-state index contributed by atoms with van der Waals surface area (Å²) in [5, 5.41) is 2.34. The van der Waals surface area contributed by atoms with E-state index in [1.165, 1.54) is 55.5 Å². The molecule has 0 unspecified atom stereocenters. The van der Waals surface area contributed by atoms with Crippen molar-refractivity contribution < 1.29 is 0 Å². The van der Waals surface area contributed by atoms with Crippen LogP contribution in [-0.4, -0.2) is 36.2 Å². The second kappa shape index (κ2) is 21.3. The number of nitrogens with zero attached hydrogens (tertiary/aromatic N) is 8. The smallest absolute Gasteiger partial charge is 0.252 e. The molecule has 89 heavy (non-hydrogen) atoms. The lowest BCUT2D eigenvalue weighted by Crippen LogP contribution is -2.61. The van der Waals surface area contributed by atoms with E-state index in [0.717, 1.165) is 84.0 Å². The molecule has 12 aromatic carbocycles. The average molecular weight is 1140 g/mol. The van der Waals surface area contributed by atoms with Crippen LogP contribution in [0.15, 0.2) is 303 Å². The standard InChI is InChI=1S/C80H53BN8/c1-52-37-47-70-63(49-52)62-29-14-17-32-69(62)89(70)71-48-44-59(68-51-67(55-21-6-2-7-22-55)82-77(83-68)56-23-8-3-9-24-56)50-64(71)80-85-78(57-25-10-4-11-26-57)84-79(86-80)58-40-38-53(39-41-58)54-42-45-61(46-43-54)88-73-34-19-16-31-66(73)81-65-30-15-18-33-72(65)87(60-27-12-5-13-28-60)74-35-20-36-75(88)76(74)81/h2-51H,1H3. The quantitative estimate of drug-likeness (QED) is 0.126. The molecule has 2 aliphatic heterocycles. The number of anilines is 6. The van der Waals surface area contributed by atoms with Gasteiger partial charge in [-0.25, -0.2) is 24.9 Å². The molecule has 0 bridgehead atoms. The first kappa shape index (κ1) is 51.6. The maximum absolute atomic E-state index is 5.49. The third kappa shape index (κ3) is 8.89. The van der Waals surface area contributed by atoms with E-state index >= 15 is 0 Å². The average Bonchev–Trinajstić information content (AvgIpc) is 1.17. The third-order valence-corrected chi connectivity index (χ3v) is 17.5. The first-order valence-electron chi connectivity index (χ1n) is 30.2. The molecule has 15 aromatic rings. The number of benzene rings is 12. The topological polar surface area (TPSA) is 75.9 Å². The van der Waals surface area contributed by atoms with Gasteiger partial charge < -0.3 is 14.4 Å². The van der Waals surface area contributed by atoms with Gasteiger partial charge in [0, 0.05) is 78.3 Å². The predicted molar refractivity (Wildman–Crippen MR) is 367 cm³/mol. The molecule has 0 fully saturated rings. The molecular formula is C80H53BN8. The Morgan fingerprint density at radius 2 is 0.730 bits per heavy atom. The molecule has 0 aliphatic carbocycles. The normalized spacial score (nSPS) is 12.3. The highest BCUT2D eigenvalue weighted by atomic mass is 15.2. The predicted octanol–water partition coefficient (Wildman–Crippen LogP) is 17.8. The molecule has 9 heteroatoms. The van der Waals surface area contributed by atoms with Gasteiger partial charge in [0.15, 0.2) is 23.3 Å². The Balaban J connectivity index is 0.783. The van der Waals surface area contributed by atoms with Crippen LogP contribution in [0.2, 0.25) is 0 Å². The minimum Gasteiger partial charge on any atom is -0.311 e. The van der Waals surface area contributed by atoms with Crippen LogP contribution in [0, 0.1) is 6.92 Å². The zero-order valence-electron chi connectivity index (χ0n) is 48.5. The Morgan fingerprint density at radius 1 is 0.281 bits per heavy atom. The van der Waals surface area contributed by atoms with Gasteiger partial charge in [-0.1, -0.05) is 224 Å². The summed E-state index contributed by atoms with van der Waals surface area (Å²) in [6.07, 6.45) is 0. The molecule has 17 rings (SSSR count). The van der Waals surface area contributed by atoms with Crippen molar-refractivity contribution in [1.82, 2.24) is 29.5 Å². The maximum atomic E-state index is 5.49. The lowest BCUT2D eigenvalue weighted by Gasteiger charge is -2.44. The van der Waals surface area contributed by atoms with Gasteiger partial charge in [-0.2, -0.15) is 0 Å². The van der Waals surface area contributed by atoms with Crippen molar-refractivity contribution in [3.05, 3.63) is 309 Å². The third-order valence-electron chi connectivity index (χ3n) is 17.5. The molecule has 8 nitrogen and oxygen atoms in total. The Labute approximate surface area is 516 Å². The molecule has 0 amide bonds. The Hall–Kier alpha value is -11.8. The van der Waals surface area contributed by atoms with E-state index in [9.17, 15) is 0 Å². The number of para-hydroxylation sites is 4. The summed E-state index contributed by atoms with van der Waals surface area (Å²) < 4.78 is 2.35. The zero-order valence-corrected chi connectivity index (χ0v) is 48.5. The van der Waals surface area contributed by atoms with Crippen molar-refractivity contribution in [2.75, 3.05) is 9.80 Å². The lowest BCUT2D eigenvalue weighted by atomic mass is 9.33. The minimum atomic E-state index is 0.0789. The van der Waals surface area contributed by atoms with Gasteiger partial charge in [0.2, 0.25) is 0 Å². The fraction of sp³-hybridized carbons (Fsp3) is 0.0125. The Bertz CT molecular complexity index is 5150. The molecule has 5 heterocycles. The van der Waals surface area contributed by atoms with Crippen molar-refractivity contribution in [3.63, 3.8) is 0 Å². The SMILES string of the molecule is Cc1ccc2c(c1)c1ccccc1n2-c1ccc(-c2cc(-c3ccccc3)nc(-c3ccccc3)n2)cc1-c1nc(-c2ccccc2)nc(-c2ccc(-c3ccc(N4c5ccccc5B5c6ccccc6N(c6ccccc6)c6cccc4c65)cc3)cc2)n1. The molecule has 0 radical (unpaired) electrons. The molecule has 0 saturated heterocycles.